The summed E-state index contributed by atoms with van der Waals surface area (Å²) in [7, 11) is 1.79. The zero-order valence-electron chi connectivity index (χ0n) is 10.7. The molecule has 1 aromatic carbocycles. The predicted molar refractivity (Wildman–Crippen MR) is 74.9 cm³/mol. The number of ether oxygens (including phenoxy) is 1. The lowest BCUT2D eigenvalue weighted by atomic mass is 10.2. The Morgan fingerprint density at radius 3 is 2.45 bits per heavy atom. The minimum atomic E-state index is -3.02. The summed E-state index contributed by atoms with van der Waals surface area (Å²) in [6, 6.07) is 2.61. The molecular weight excluding hydrogens is 313 g/mol. The topological polar surface area (TPSA) is 50.4 Å². The molecule has 2 N–H and O–H groups in total. The Hall–Kier alpha value is -1.11. The quantitative estimate of drug-likeness (QED) is 0.753. The van der Waals surface area contributed by atoms with Crippen LogP contribution in [0.3, 0.4) is 0 Å². The van der Waals surface area contributed by atoms with E-state index in [1.165, 1.54) is 12.1 Å². The molecule has 0 atom stereocenters. The average molecular weight is 327 g/mol. The summed E-state index contributed by atoms with van der Waals surface area (Å²) in [6.45, 7) is -2.30. The monoisotopic (exact) mass is 326 g/mol. The highest BCUT2D eigenvalue weighted by molar-refractivity contribution is 6.37. The number of hydrogen-bond acceptors (Lipinski definition) is 3. The number of halogens is 4. The zero-order chi connectivity index (χ0) is 15.1. The average Bonchev–Trinajstić information content (AvgIpc) is 2.34. The first-order chi connectivity index (χ1) is 9.43. The molecule has 0 aromatic heterocycles. The first-order valence-electron chi connectivity index (χ1n) is 5.82. The Balaban J connectivity index is 2.71. The van der Waals surface area contributed by atoms with Gasteiger partial charge in [-0.05, 0) is 32.1 Å². The van der Waals surface area contributed by atoms with Gasteiger partial charge in [-0.1, -0.05) is 23.2 Å². The van der Waals surface area contributed by atoms with Gasteiger partial charge in [0.1, 0.15) is 0 Å². The van der Waals surface area contributed by atoms with Crippen molar-refractivity contribution in [1.82, 2.24) is 5.32 Å². The highest BCUT2D eigenvalue weighted by Gasteiger charge is 2.15. The molecule has 0 radical (unpaired) electrons. The minimum Gasteiger partial charge on any atom is -0.432 e. The minimum absolute atomic E-state index is 0.0941. The Morgan fingerprint density at radius 1 is 1.35 bits per heavy atom. The summed E-state index contributed by atoms with van der Waals surface area (Å²) >= 11 is 11.6. The van der Waals surface area contributed by atoms with E-state index in [-0.39, 0.29) is 21.7 Å². The molecule has 0 aliphatic carbocycles. The predicted octanol–water partition coefficient (Wildman–Crippen LogP) is 3.53. The highest BCUT2D eigenvalue weighted by Crippen LogP contribution is 2.36. The molecule has 0 aliphatic rings. The molecule has 0 heterocycles. The van der Waals surface area contributed by atoms with Crippen molar-refractivity contribution in [2.75, 3.05) is 18.9 Å². The van der Waals surface area contributed by atoms with Gasteiger partial charge in [0.25, 0.3) is 0 Å². The van der Waals surface area contributed by atoms with E-state index < -0.39 is 6.61 Å². The Bertz CT molecular complexity index is 450. The molecule has 20 heavy (non-hydrogen) atoms. The second-order valence-corrected chi connectivity index (χ2v) is 4.72. The summed E-state index contributed by atoms with van der Waals surface area (Å²) in [4.78, 5) is 11.6. The molecule has 112 valence electrons. The van der Waals surface area contributed by atoms with Crippen LogP contribution in [-0.4, -0.2) is 26.1 Å². The Kier molecular flexibility index (Phi) is 6.98. The molecule has 1 amide bonds. The van der Waals surface area contributed by atoms with E-state index in [0.717, 1.165) is 6.54 Å². The summed E-state index contributed by atoms with van der Waals surface area (Å²) in [5, 5.41) is 5.32. The molecule has 0 saturated carbocycles. The van der Waals surface area contributed by atoms with Crippen molar-refractivity contribution in [3.63, 3.8) is 0 Å². The Morgan fingerprint density at radius 2 is 1.95 bits per heavy atom. The van der Waals surface area contributed by atoms with Crippen molar-refractivity contribution < 1.29 is 18.3 Å². The maximum atomic E-state index is 12.1. The molecule has 4 nitrogen and oxygen atoms in total. The van der Waals surface area contributed by atoms with Gasteiger partial charge in [0.05, 0.1) is 10.0 Å². The number of hydrogen-bond donors (Lipinski definition) is 2. The number of rotatable bonds is 7. The van der Waals surface area contributed by atoms with E-state index in [9.17, 15) is 13.6 Å². The number of alkyl halides is 2. The number of nitrogens with one attached hydrogen (secondary N) is 2. The van der Waals surface area contributed by atoms with Crippen LogP contribution in [-0.2, 0) is 4.79 Å². The fourth-order valence-electron chi connectivity index (χ4n) is 1.48. The maximum absolute atomic E-state index is 12.1. The maximum Gasteiger partial charge on any atom is 0.387 e. The summed E-state index contributed by atoms with van der Waals surface area (Å²) in [5.41, 5.74) is 0.330. The molecule has 0 spiro atoms. The number of anilines is 1. The van der Waals surface area contributed by atoms with Crippen molar-refractivity contribution in [2.45, 2.75) is 19.5 Å². The third-order valence-corrected chi connectivity index (χ3v) is 2.88. The van der Waals surface area contributed by atoms with Crippen LogP contribution in [0.5, 0.6) is 5.75 Å². The van der Waals surface area contributed by atoms with Crippen LogP contribution in [0.15, 0.2) is 12.1 Å². The molecule has 0 aliphatic heterocycles. The number of amides is 1. The van der Waals surface area contributed by atoms with Crippen molar-refractivity contribution in [3.05, 3.63) is 22.2 Å². The molecule has 0 unspecified atom stereocenters. The molecule has 1 aromatic rings. The fraction of sp³-hybridized carbons (Fsp3) is 0.417. The second-order valence-electron chi connectivity index (χ2n) is 3.90. The molecule has 0 bridgehead atoms. The van der Waals surface area contributed by atoms with E-state index in [2.05, 4.69) is 15.4 Å². The first kappa shape index (κ1) is 16.9. The van der Waals surface area contributed by atoms with Gasteiger partial charge in [0.15, 0.2) is 5.75 Å². The van der Waals surface area contributed by atoms with Gasteiger partial charge in [-0.15, -0.1) is 0 Å². The highest BCUT2D eigenvalue weighted by atomic mass is 35.5. The SMILES string of the molecule is CNCCCC(=O)Nc1cc(Cl)c(OC(F)F)c(Cl)c1. The first-order valence-corrected chi connectivity index (χ1v) is 6.58. The standard InChI is InChI=1S/C12H14Cl2F2N2O2/c1-17-4-2-3-10(19)18-7-5-8(13)11(9(14)6-7)20-12(15)16/h5-6,12,17H,2-4H2,1H3,(H,18,19). The lowest BCUT2D eigenvalue weighted by Crippen LogP contribution is -2.15. The van der Waals surface area contributed by atoms with Gasteiger partial charge in [0, 0.05) is 12.1 Å². The van der Waals surface area contributed by atoms with E-state index in [1.54, 1.807) is 7.05 Å². The molecule has 1 rings (SSSR count). The van der Waals surface area contributed by atoms with Crippen LogP contribution in [0.25, 0.3) is 0 Å². The van der Waals surface area contributed by atoms with Crippen molar-refractivity contribution >= 4 is 34.8 Å². The van der Waals surface area contributed by atoms with Gasteiger partial charge in [-0.3, -0.25) is 4.79 Å². The third-order valence-electron chi connectivity index (χ3n) is 2.32. The number of carbonyl (C=O) groups is 1. The largest absolute Gasteiger partial charge is 0.432 e. The number of carbonyl (C=O) groups excluding carboxylic acids is 1. The summed E-state index contributed by atoms with van der Waals surface area (Å²) in [6.07, 6.45) is 1.00. The van der Waals surface area contributed by atoms with Gasteiger partial charge in [-0.25, -0.2) is 0 Å². The van der Waals surface area contributed by atoms with Crippen LogP contribution in [0.1, 0.15) is 12.8 Å². The van der Waals surface area contributed by atoms with Gasteiger partial charge < -0.3 is 15.4 Å². The lowest BCUT2D eigenvalue weighted by Gasteiger charge is -2.11. The van der Waals surface area contributed by atoms with E-state index in [4.69, 9.17) is 23.2 Å². The van der Waals surface area contributed by atoms with Gasteiger partial charge >= 0.3 is 6.61 Å². The van der Waals surface area contributed by atoms with Crippen molar-refractivity contribution in [3.8, 4) is 5.75 Å². The lowest BCUT2D eigenvalue weighted by molar-refractivity contribution is -0.116. The normalized spacial score (nSPS) is 10.7. The number of benzene rings is 1. The van der Waals surface area contributed by atoms with E-state index >= 15 is 0 Å². The van der Waals surface area contributed by atoms with E-state index in [1.807, 2.05) is 0 Å². The summed E-state index contributed by atoms with van der Waals surface area (Å²) in [5.74, 6) is -0.522. The van der Waals surface area contributed by atoms with Crippen molar-refractivity contribution in [1.29, 1.82) is 0 Å². The molecular formula is C12H14Cl2F2N2O2. The van der Waals surface area contributed by atoms with Crippen LogP contribution in [0, 0.1) is 0 Å². The van der Waals surface area contributed by atoms with Crippen molar-refractivity contribution in [2.24, 2.45) is 0 Å². The smallest absolute Gasteiger partial charge is 0.387 e. The molecule has 8 heteroatoms. The molecule has 0 saturated heterocycles. The van der Waals surface area contributed by atoms with Gasteiger partial charge in [0.2, 0.25) is 5.91 Å². The van der Waals surface area contributed by atoms with Crippen LogP contribution in [0.2, 0.25) is 10.0 Å². The Labute approximate surface area is 125 Å². The van der Waals surface area contributed by atoms with Crippen LogP contribution in [0.4, 0.5) is 14.5 Å². The van der Waals surface area contributed by atoms with Gasteiger partial charge in [-0.2, -0.15) is 8.78 Å². The van der Waals surface area contributed by atoms with Crippen LogP contribution >= 0.6 is 23.2 Å². The van der Waals surface area contributed by atoms with Crippen LogP contribution < -0.4 is 15.4 Å². The second kappa shape index (κ2) is 8.24. The molecule has 0 fully saturated rings. The van der Waals surface area contributed by atoms with E-state index in [0.29, 0.717) is 18.5 Å². The zero-order valence-corrected chi connectivity index (χ0v) is 12.2. The summed E-state index contributed by atoms with van der Waals surface area (Å²) < 4.78 is 28.5. The fourth-order valence-corrected chi connectivity index (χ4v) is 2.06. The third kappa shape index (κ3) is 5.48.